The van der Waals surface area contributed by atoms with Gasteiger partial charge in [0.05, 0.1) is 5.69 Å². The van der Waals surface area contributed by atoms with Gasteiger partial charge >= 0.3 is 0 Å². The van der Waals surface area contributed by atoms with Crippen LogP contribution in [-0.4, -0.2) is 4.98 Å². The van der Waals surface area contributed by atoms with Crippen molar-refractivity contribution in [3.63, 3.8) is 0 Å². The van der Waals surface area contributed by atoms with Crippen LogP contribution in [0.15, 0.2) is 34.5 Å². The third-order valence-electron chi connectivity index (χ3n) is 2.50. The molecule has 2 nitrogen and oxygen atoms in total. The first-order valence-corrected chi connectivity index (χ1v) is 7.44. The number of hydrogen-bond donors (Lipinski definition) is 1. The number of nitrogen functional groups attached to an aromatic ring is 1. The molecule has 2 rings (SSSR count). The van der Waals surface area contributed by atoms with Gasteiger partial charge in [-0.25, -0.2) is 4.98 Å². The quantitative estimate of drug-likeness (QED) is 0.843. The molecular formula is C13H16N2S2. The minimum absolute atomic E-state index is 0.590. The fraction of sp³-hybridized carbons (Fsp3) is 0.308. The smallest absolute Gasteiger partial charge is 0.180 e. The number of nitrogens with two attached hydrogens (primary N) is 1. The zero-order chi connectivity index (χ0) is 12.3. The molecule has 0 atom stereocenters. The van der Waals surface area contributed by atoms with Crippen molar-refractivity contribution in [3.8, 4) is 0 Å². The van der Waals surface area contributed by atoms with Crippen molar-refractivity contribution in [1.82, 2.24) is 4.98 Å². The van der Waals surface area contributed by atoms with E-state index in [0.717, 1.165) is 11.4 Å². The molecule has 0 spiro atoms. The summed E-state index contributed by atoms with van der Waals surface area (Å²) in [4.78, 5) is 5.53. The first-order valence-electron chi connectivity index (χ1n) is 5.58. The van der Waals surface area contributed by atoms with Crippen molar-refractivity contribution in [3.05, 3.63) is 40.9 Å². The summed E-state index contributed by atoms with van der Waals surface area (Å²) in [7, 11) is 0. The molecule has 0 aliphatic carbocycles. The summed E-state index contributed by atoms with van der Waals surface area (Å²) < 4.78 is 0. The largest absolute Gasteiger partial charge is 0.375 e. The van der Waals surface area contributed by atoms with Gasteiger partial charge in [0.1, 0.15) is 0 Å². The monoisotopic (exact) mass is 264 g/mol. The highest BCUT2D eigenvalue weighted by atomic mass is 32.2. The molecule has 4 heteroatoms. The molecule has 0 bridgehead atoms. The highest BCUT2D eigenvalue weighted by molar-refractivity contribution is 7.98. The van der Waals surface area contributed by atoms with Crippen molar-refractivity contribution >= 4 is 28.2 Å². The predicted octanol–water partition coefficient (Wildman–Crippen LogP) is 4.14. The molecule has 0 aliphatic heterocycles. The van der Waals surface area contributed by atoms with Crippen LogP contribution in [0.5, 0.6) is 0 Å². The van der Waals surface area contributed by atoms with Gasteiger partial charge in [-0.1, -0.05) is 26.0 Å². The summed E-state index contributed by atoms with van der Waals surface area (Å²) in [6, 6.07) is 8.75. The minimum atomic E-state index is 0.590. The summed E-state index contributed by atoms with van der Waals surface area (Å²) in [5, 5.41) is 2.67. The fourth-order valence-electron chi connectivity index (χ4n) is 1.50. The Balaban J connectivity index is 1.95. The Morgan fingerprint density at radius 1 is 1.29 bits per heavy atom. The topological polar surface area (TPSA) is 38.9 Å². The van der Waals surface area contributed by atoms with Gasteiger partial charge in [-0.05, 0) is 23.6 Å². The molecule has 0 fully saturated rings. The van der Waals surface area contributed by atoms with Crippen molar-refractivity contribution in [2.24, 2.45) is 0 Å². The first-order chi connectivity index (χ1) is 8.15. The lowest BCUT2D eigenvalue weighted by atomic mass is 10.0. The molecule has 17 heavy (non-hydrogen) atoms. The van der Waals surface area contributed by atoms with Gasteiger partial charge in [0.15, 0.2) is 5.13 Å². The number of anilines is 1. The standard InChI is InChI=1S/C13H16N2S2/c1-9(2)10-3-5-12(6-4-10)16-7-11-8-17-13(14)15-11/h3-6,8-9H,7H2,1-2H3,(H2,14,15). The average molecular weight is 264 g/mol. The number of thioether (sulfide) groups is 1. The summed E-state index contributed by atoms with van der Waals surface area (Å²) in [6.45, 7) is 4.42. The van der Waals surface area contributed by atoms with Crippen molar-refractivity contribution in [2.75, 3.05) is 5.73 Å². The van der Waals surface area contributed by atoms with Crippen LogP contribution in [0.4, 0.5) is 5.13 Å². The number of rotatable bonds is 4. The molecular weight excluding hydrogens is 248 g/mol. The van der Waals surface area contributed by atoms with E-state index in [1.54, 1.807) is 11.8 Å². The SMILES string of the molecule is CC(C)c1ccc(SCc2csc(N)n2)cc1. The molecule has 0 amide bonds. The van der Waals surface area contributed by atoms with E-state index < -0.39 is 0 Å². The maximum absolute atomic E-state index is 5.60. The zero-order valence-electron chi connectivity index (χ0n) is 10.0. The Morgan fingerprint density at radius 2 is 2.00 bits per heavy atom. The number of aromatic nitrogens is 1. The Hall–Kier alpha value is -1.00. The third kappa shape index (κ3) is 3.48. The summed E-state index contributed by atoms with van der Waals surface area (Å²) in [6.07, 6.45) is 0. The zero-order valence-corrected chi connectivity index (χ0v) is 11.6. The van der Waals surface area contributed by atoms with Gasteiger partial charge in [0.2, 0.25) is 0 Å². The van der Waals surface area contributed by atoms with Crippen LogP contribution >= 0.6 is 23.1 Å². The number of nitrogens with zero attached hydrogens (tertiary/aromatic N) is 1. The fourth-order valence-corrected chi connectivity index (χ4v) is 2.95. The molecule has 0 unspecified atom stereocenters. The lowest BCUT2D eigenvalue weighted by molar-refractivity contribution is 0.865. The van der Waals surface area contributed by atoms with Gasteiger partial charge in [0, 0.05) is 16.0 Å². The number of thiazole rings is 1. The van der Waals surface area contributed by atoms with Gasteiger partial charge in [-0.2, -0.15) is 0 Å². The Labute approximate surface area is 110 Å². The van der Waals surface area contributed by atoms with Crippen molar-refractivity contribution in [2.45, 2.75) is 30.4 Å². The molecule has 0 saturated heterocycles. The van der Waals surface area contributed by atoms with E-state index in [1.807, 2.05) is 5.38 Å². The number of hydrogen-bond acceptors (Lipinski definition) is 4. The maximum atomic E-state index is 5.60. The Kier molecular flexibility index (Phi) is 4.07. The van der Waals surface area contributed by atoms with E-state index >= 15 is 0 Å². The molecule has 0 radical (unpaired) electrons. The summed E-state index contributed by atoms with van der Waals surface area (Å²) in [5.41, 5.74) is 8.04. The average Bonchev–Trinajstić information content (AvgIpc) is 2.73. The van der Waals surface area contributed by atoms with Crippen LogP contribution < -0.4 is 5.73 Å². The van der Waals surface area contributed by atoms with E-state index in [4.69, 9.17) is 5.73 Å². The molecule has 1 aromatic heterocycles. The van der Waals surface area contributed by atoms with Gasteiger partial charge in [-0.3, -0.25) is 0 Å². The second-order valence-electron chi connectivity index (χ2n) is 4.19. The molecule has 2 aromatic rings. The van der Waals surface area contributed by atoms with Crippen molar-refractivity contribution < 1.29 is 0 Å². The molecule has 0 saturated carbocycles. The van der Waals surface area contributed by atoms with Gasteiger partial charge < -0.3 is 5.73 Å². The van der Waals surface area contributed by atoms with Crippen LogP contribution in [0.1, 0.15) is 31.0 Å². The second-order valence-corrected chi connectivity index (χ2v) is 6.13. The Morgan fingerprint density at radius 3 is 2.53 bits per heavy atom. The number of benzene rings is 1. The van der Waals surface area contributed by atoms with Crippen LogP contribution in [0.2, 0.25) is 0 Å². The molecule has 0 aliphatic rings. The second kappa shape index (κ2) is 5.56. The van der Waals surface area contributed by atoms with Crippen LogP contribution in [0.25, 0.3) is 0 Å². The van der Waals surface area contributed by atoms with E-state index in [0.29, 0.717) is 11.0 Å². The highest BCUT2D eigenvalue weighted by Crippen LogP contribution is 2.25. The highest BCUT2D eigenvalue weighted by Gasteiger charge is 2.02. The van der Waals surface area contributed by atoms with Gasteiger partial charge in [0.25, 0.3) is 0 Å². The normalized spacial score (nSPS) is 11.0. The lowest BCUT2D eigenvalue weighted by Gasteiger charge is -2.06. The van der Waals surface area contributed by atoms with Crippen LogP contribution in [-0.2, 0) is 5.75 Å². The third-order valence-corrected chi connectivity index (χ3v) is 4.27. The van der Waals surface area contributed by atoms with E-state index in [2.05, 4.69) is 43.1 Å². The predicted molar refractivity (Wildman–Crippen MR) is 76.6 cm³/mol. The van der Waals surface area contributed by atoms with E-state index in [9.17, 15) is 0 Å². The summed E-state index contributed by atoms with van der Waals surface area (Å²) in [5.74, 6) is 1.47. The molecule has 2 N–H and O–H groups in total. The van der Waals surface area contributed by atoms with E-state index in [-0.39, 0.29) is 0 Å². The molecule has 90 valence electrons. The molecule has 1 heterocycles. The van der Waals surface area contributed by atoms with E-state index in [1.165, 1.54) is 21.8 Å². The first kappa shape index (κ1) is 12.5. The van der Waals surface area contributed by atoms with Crippen molar-refractivity contribution in [1.29, 1.82) is 0 Å². The van der Waals surface area contributed by atoms with Crippen LogP contribution in [0.3, 0.4) is 0 Å². The summed E-state index contributed by atoms with van der Waals surface area (Å²) >= 11 is 3.30. The lowest BCUT2D eigenvalue weighted by Crippen LogP contribution is -1.87. The van der Waals surface area contributed by atoms with Gasteiger partial charge in [-0.15, -0.1) is 23.1 Å². The maximum Gasteiger partial charge on any atom is 0.180 e. The molecule has 1 aromatic carbocycles. The van der Waals surface area contributed by atoms with Crippen LogP contribution in [0, 0.1) is 0 Å². The Bertz CT molecular complexity index is 474. The minimum Gasteiger partial charge on any atom is -0.375 e.